The smallest absolute Gasteiger partial charge is 0.462 e. The van der Waals surface area contributed by atoms with Crippen LogP contribution in [0, 0.1) is 85.2 Å². The number of hydrogen-bond donors (Lipinski definition) is 0. The van der Waals surface area contributed by atoms with Crippen LogP contribution in [0.4, 0.5) is 13.2 Å². The van der Waals surface area contributed by atoms with Gasteiger partial charge in [0.25, 0.3) is 0 Å². The molecule has 13 nitrogen and oxygen atoms in total. The van der Waals surface area contributed by atoms with Crippen LogP contribution in [0.1, 0.15) is 189 Å². The van der Waals surface area contributed by atoms with Crippen LogP contribution in [0.5, 0.6) is 0 Å². The van der Waals surface area contributed by atoms with E-state index in [1.807, 2.05) is 36.9 Å². The average molecular weight is 1180 g/mol. The Morgan fingerprint density at radius 2 is 1.26 bits per heavy atom. The van der Waals surface area contributed by atoms with Crippen LogP contribution >= 0.6 is 0 Å². The highest BCUT2D eigenvalue weighted by atomic mass is 32.2. The number of pyridine rings is 2. The summed E-state index contributed by atoms with van der Waals surface area (Å²) in [5.41, 5.74) is -1.35. The monoisotopic (exact) mass is 1180 g/mol. The lowest BCUT2D eigenvalue weighted by atomic mass is 9.40. The van der Waals surface area contributed by atoms with Crippen LogP contribution in [0.15, 0.2) is 84.9 Å². The van der Waals surface area contributed by atoms with Gasteiger partial charge in [0.15, 0.2) is 0 Å². The minimum atomic E-state index is -5.67. The zero-order valence-electron chi connectivity index (χ0n) is 50.0. The maximum absolute atomic E-state index is 13.2. The molecule has 9 aliphatic carbocycles. The lowest BCUT2D eigenvalue weighted by Gasteiger charge is -2.61. The first-order valence-electron chi connectivity index (χ1n) is 30.7. The van der Waals surface area contributed by atoms with Gasteiger partial charge in [-0.1, -0.05) is 72.8 Å². The number of alkyl halides is 3. The standard InChI is InChI=1S/C24H31NO2.C23H29NO2.C19H23F3O5S.CO2/c1-5-22(3)20-10-12-23(4)18(17-7-6-14-25-15-17)8-9-19(23)24(20,16(2)26)13-11-21(22)27;1-22-11-9-19-16(5-8-20-23(19,2)12-10-21(25)26-20)18(22)7-6-17(22)15-4-3-13-24-14-15;1-17-10-8-16(23)26-14(17)5-3-11-12-4-6-15(18(12,2)9-7-13(11)17)27-28(24,25)19(20,21)22;2-1-3/h6-8,14-15,19-20H,5,9-13H2,1-4H3;3-4,6,13-14,16,18-20H,5,7-12H2,1-2H3;5-6,11-13H,3-4,7-10H2,1-2H3;/t19-,20-,22-,23-,24-;16-,18-,19-,20-,22+,23+;11-,12-,13-,17+,18-;/m100./s1. The van der Waals surface area contributed by atoms with E-state index in [0.29, 0.717) is 62.4 Å². The van der Waals surface area contributed by atoms with Crippen molar-refractivity contribution in [3.63, 3.8) is 0 Å². The zero-order valence-corrected chi connectivity index (χ0v) is 50.8. The number of carbonyl (C=O) groups excluding carboxylic acids is 6. The van der Waals surface area contributed by atoms with E-state index >= 15 is 0 Å². The zero-order chi connectivity index (χ0) is 60.6. The first kappa shape index (κ1) is 61.5. The maximum Gasteiger partial charge on any atom is 0.534 e. The van der Waals surface area contributed by atoms with Gasteiger partial charge >= 0.3 is 33.7 Å². The quantitative estimate of drug-likeness (QED) is 0.151. The van der Waals surface area contributed by atoms with E-state index in [1.165, 1.54) is 54.0 Å². The van der Waals surface area contributed by atoms with Gasteiger partial charge in [-0.25, -0.2) is 0 Å². The number of halogens is 3. The summed E-state index contributed by atoms with van der Waals surface area (Å²) in [5, 5.41) is 0. The van der Waals surface area contributed by atoms with Crippen molar-refractivity contribution in [2.75, 3.05) is 0 Å². The normalized spacial score (nSPS) is 40.5. The second kappa shape index (κ2) is 22.3. The SMILES string of the molecule is CC[C@@]1(C)C(=O)CC[C@]2(C(C)=O)[C@@H]1CC[C@]1(C)C(c3cccnc3)=CC[C@@H]21.C[C@]12CCC(=O)OC1=CC[C@@H]1[C@@H]2CC[C@]2(C)C(OS(=O)(=O)C(F)(F)F)=CC[C@@H]12.C[C@]12CCC(=O)O[C@H]1CC[C@@H]1[C@@H]2CC[C@]2(C)C(c3cccnc3)=CC[C@@H]12.O=C=O. The summed E-state index contributed by atoms with van der Waals surface area (Å²) in [7, 11) is -5.67. The van der Waals surface area contributed by atoms with E-state index in [0.717, 1.165) is 69.0 Å². The number of ketones is 2. The molecule has 0 bridgehead atoms. The Labute approximate surface area is 493 Å². The van der Waals surface area contributed by atoms with Crippen molar-refractivity contribution in [1.29, 1.82) is 0 Å². The molecular weight excluding hydrogens is 1100 g/mol. The molecule has 11 aliphatic rings. The summed E-state index contributed by atoms with van der Waals surface area (Å²) in [6, 6.07) is 8.41. The van der Waals surface area contributed by atoms with Crippen molar-refractivity contribution < 1.29 is 64.0 Å². The van der Waals surface area contributed by atoms with Crippen LogP contribution in [0.25, 0.3) is 11.1 Å². The summed E-state index contributed by atoms with van der Waals surface area (Å²) in [4.78, 5) is 74.6. The average Bonchev–Trinajstić information content (AvgIpc) is 2.93. The maximum atomic E-state index is 13.2. The number of Topliss-reactive ketones (excluding diaryl/α,β-unsaturated/α-hetero) is 2. The number of carbonyl (C=O) groups is 4. The van der Waals surface area contributed by atoms with E-state index in [1.54, 1.807) is 13.8 Å². The number of rotatable bonds is 6. The Morgan fingerprint density at radius 3 is 1.89 bits per heavy atom. The third-order valence-corrected chi connectivity index (χ3v) is 25.6. The van der Waals surface area contributed by atoms with Gasteiger partial charge in [-0.05, 0) is 214 Å². The van der Waals surface area contributed by atoms with Gasteiger partial charge < -0.3 is 13.7 Å². The third kappa shape index (κ3) is 9.83. The molecule has 454 valence electrons. The molecule has 0 radical (unpaired) electrons. The van der Waals surface area contributed by atoms with Crippen LogP contribution in [-0.4, -0.2) is 59.7 Å². The van der Waals surface area contributed by atoms with Crippen molar-refractivity contribution in [3.8, 4) is 0 Å². The number of nitrogens with zero attached hydrogens (tertiary/aromatic N) is 2. The van der Waals surface area contributed by atoms with Crippen molar-refractivity contribution >= 4 is 50.9 Å². The molecule has 13 rings (SSSR count). The molecule has 0 aromatic carbocycles. The Kier molecular flexibility index (Phi) is 16.3. The topological polar surface area (TPSA) is 190 Å². The summed E-state index contributed by atoms with van der Waals surface area (Å²) >= 11 is 0. The van der Waals surface area contributed by atoms with Gasteiger partial charge in [0.1, 0.15) is 29.2 Å². The molecule has 0 N–H and O–H groups in total. The minimum absolute atomic E-state index is 0.00284. The fourth-order valence-electron chi connectivity index (χ4n) is 20.0. The predicted molar refractivity (Wildman–Crippen MR) is 306 cm³/mol. The number of allylic oxidation sites excluding steroid dienone is 8. The number of ether oxygens (including phenoxy) is 2. The summed E-state index contributed by atoms with van der Waals surface area (Å²) in [6.07, 6.45) is 32.5. The van der Waals surface area contributed by atoms with Gasteiger partial charge in [-0.15, -0.1) is 0 Å². The van der Waals surface area contributed by atoms with Crippen LogP contribution in [0.2, 0.25) is 0 Å². The molecule has 2 aromatic rings. The number of fused-ring (bicyclic) bond motifs is 13. The van der Waals surface area contributed by atoms with Gasteiger partial charge in [0, 0.05) is 71.1 Å². The fraction of sp³-hybridized carbons (Fsp3) is 0.657. The Morgan fingerprint density at radius 1 is 0.667 bits per heavy atom. The van der Waals surface area contributed by atoms with Gasteiger partial charge in [0.2, 0.25) is 0 Å². The highest BCUT2D eigenvalue weighted by Gasteiger charge is 2.67. The van der Waals surface area contributed by atoms with Crippen molar-refractivity contribution in [3.05, 3.63) is 96.0 Å². The molecule has 0 spiro atoms. The molecule has 2 aromatic heterocycles. The highest BCUT2D eigenvalue weighted by molar-refractivity contribution is 7.87. The van der Waals surface area contributed by atoms with Gasteiger partial charge in [-0.2, -0.15) is 31.2 Å². The molecule has 84 heavy (non-hydrogen) atoms. The molecule has 2 aliphatic heterocycles. The first-order chi connectivity index (χ1) is 39.6. The molecule has 17 heteroatoms. The fourth-order valence-corrected chi connectivity index (χ4v) is 20.6. The van der Waals surface area contributed by atoms with Crippen LogP contribution in [-0.2, 0) is 52.5 Å². The lowest BCUT2D eigenvalue weighted by Crippen LogP contribution is -2.61. The number of aromatic nitrogens is 2. The van der Waals surface area contributed by atoms with Crippen molar-refractivity contribution in [2.24, 2.45) is 85.2 Å². The second-order valence-electron chi connectivity index (χ2n) is 27.8. The van der Waals surface area contributed by atoms with Gasteiger partial charge in [0.05, 0.1) is 0 Å². The first-order valence-corrected chi connectivity index (χ1v) is 32.1. The number of esters is 2. The predicted octanol–water partition coefficient (Wildman–Crippen LogP) is 14.1. The Balaban J connectivity index is 0.000000137. The van der Waals surface area contributed by atoms with E-state index < -0.39 is 21.0 Å². The highest BCUT2D eigenvalue weighted by Crippen LogP contribution is 2.71. The molecule has 5 saturated carbocycles. The molecule has 4 heterocycles. The van der Waals surface area contributed by atoms with Crippen LogP contribution < -0.4 is 0 Å². The largest absolute Gasteiger partial charge is 0.534 e. The second-order valence-corrected chi connectivity index (χ2v) is 29.4. The molecule has 0 unspecified atom stereocenters. The van der Waals surface area contributed by atoms with Crippen LogP contribution in [0.3, 0.4) is 0 Å². The molecule has 2 saturated heterocycles. The van der Waals surface area contributed by atoms with E-state index in [4.69, 9.17) is 19.1 Å². The van der Waals surface area contributed by atoms with Gasteiger partial charge in [-0.3, -0.25) is 29.1 Å². The van der Waals surface area contributed by atoms with Crippen molar-refractivity contribution in [2.45, 2.75) is 189 Å². The lowest BCUT2D eigenvalue weighted by molar-refractivity contribution is -0.192. The molecule has 0 amide bonds. The minimum Gasteiger partial charge on any atom is -0.462 e. The van der Waals surface area contributed by atoms with Crippen molar-refractivity contribution in [1.82, 2.24) is 9.97 Å². The molecule has 7 fully saturated rings. The van der Waals surface area contributed by atoms with E-state index in [-0.39, 0.29) is 92.0 Å². The van der Waals surface area contributed by atoms with E-state index in [2.05, 4.69) is 86.0 Å². The Hall–Kier alpha value is -5.54. The summed E-state index contributed by atoms with van der Waals surface area (Å²) in [5.74, 6) is 4.18. The third-order valence-electron chi connectivity index (χ3n) is 24.6. The summed E-state index contributed by atoms with van der Waals surface area (Å²) in [6.45, 7) is 17.2. The number of hydrogen-bond acceptors (Lipinski definition) is 13. The molecular formula is C67H83F3N2O11S. The van der Waals surface area contributed by atoms with E-state index in [9.17, 15) is 40.8 Å². The Bertz CT molecular complexity index is 3210. The summed E-state index contributed by atoms with van der Waals surface area (Å²) < 4.78 is 77.3. The molecule has 16 atom stereocenters.